The van der Waals surface area contributed by atoms with Crippen LogP contribution in [0.25, 0.3) is 0 Å². The van der Waals surface area contributed by atoms with Crippen LogP contribution >= 0.6 is 0 Å². The monoisotopic (exact) mass is 567 g/mol. The highest BCUT2D eigenvalue weighted by Crippen LogP contribution is 2.26. The molecule has 2 heterocycles. The Morgan fingerprint density at radius 3 is 2.55 bits per heavy atom. The van der Waals surface area contributed by atoms with E-state index in [0.717, 1.165) is 43.9 Å². The van der Waals surface area contributed by atoms with Crippen molar-refractivity contribution in [1.29, 1.82) is 5.26 Å². The van der Waals surface area contributed by atoms with Gasteiger partial charge < -0.3 is 15.0 Å². The van der Waals surface area contributed by atoms with Crippen molar-refractivity contribution in [3.8, 4) is 11.9 Å². The molecule has 2 aromatic carbocycles. The van der Waals surface area contributed by atoms with Crippen molar-refractivity contribution in [2.24, 2.45) is 4.99 Å². The number of aromatic nitrogens is 1. The molecule has 2 N–H and O–H groups in total. The fourth-order valence-corrected chi connectivity index (χ4v) is 5.28. The van der Waals surface area contributed by atoms with Crippen molar-refractivity contribution in [1.82, 2.24) is 25.4 Å². The molecule has 8 nitrogen and oxygen atoms in total. The summed E-state index contributed by atoms with van der Waals surface area (Å²) in [4.78, 5) is 14.0. The predicted octanol–water partition coefficient (Wildman–Crippen LogP) is 5.01. The normalized spacial score (nSPS) is 14.7. The van der Waals surface area contributed by atoms with Crippen LogP contribution in [0, 0.1) is 11.5 Å². The highest BCUT2D eigenvalue weighted by molar-refractivity contribution is 5.81. The van der Waals surface area contributed by atoms with Crippen molar-refractivity contribution in [3.05, 3.63) is 95.8 Å². The van der Waals surface area contributed by atoms with Crippen molar-refractivity contribution in [2.75, 3.05) is 52.9 Å². The van der Waals surface area contributed by atoms with E-state index < -0.39 is 0 Å². The maximum absolute atomic E-state index is 9.16. The van der Waals surface area contributed by atoms with Crippen LogP contribution < -0.4 is 15.4 Å². The van der Waals surface area contributed by atoms with E-state index >= 15 is 0 Å². The first-order valence-corrected chi connectivity index (χ1v) is 15.2. The fraction of sp³-hybridized carbons (Fsp3) is 0.441. The summed E-state index contributed by atoms with van der Waals surface area (Å²) >= 11 is 0. The van der Waals surface area contributed by atoms with Gasteiger partial charge in [0, 0.05) is 50.4 Å². The number of aliphatic imine (C=N–C) groups is 1. The van der Waals surface area contributed by atoms with E-state index in [9.17, 15) is 0 Å². The number of nitrogens with one attached hydrogen (secondary N) is 2. The highest BCUT2D eigenvalue weighted by Gasteiger charge is 2.16. The number of piperidine rings is 1. The second kappa shape index (κ2) is 17.8. The smallest absolute Gasteiger partial charge is 0.204 e. The summed E-state index contributed by atoms with van der Waals surface area (Å²) in [5, 5.41) is 15.1. The van der Waals surface area contributed by atoms with Gasteiger partial charge in [0.2, 0.25) is 5.96 Å². The van der Waals surface area contributed by atoms with Crippen molar-refractivity contribution < 1.29 is 4.74 Å². The predicted molar refractivity (Wildman–Crippen MR) is 169 cm³/mol. The van der Waals surface area contributed by atoms with E-state index in [4.69, 9.17) is 10.00 Å². The molecule has 0 spiro atoms. The fourth-order valence-electron chi connectivity index (χ4n) is 5.28. The van der Waals surface area contributed by atoms with Gasteiger partial charge in [0.05, 0.1) is 6.61 Å². The van der Waals surface area contributed by atoms with Gasteiger partial charge in [0.1, 0.15) is 5.75 Å². The van der Waals surface area contributed by atoms with Crippen LogP contribution in [-0.4, -0.2) is 73.7 Å². The van der Waals surface area contributed by atoms with Crippen LogP contribution in [0.2, 0.25) is 0 Å². The Morgan fingerprint density at radius 2 is 1.81 bits per heavy atom. The Morgan fingerprint density at radius 1 is 1.02 bits per heavy atom. The van der Waals surface area contributed by atoms with E-state index in [1.54, 1.807) is 0 Å². The number of nitriles is 1. The SMILES string of the molecule is CN(CCNC(=NCCCOc1ccc(CN2CCCCC2)cc1)NC#N)CCC(c1ccccc1)c1ccccn1. The Bertz CT molecular complexity index is 1180. The van der Waals surface area contributed by atoms with Crippen molar-refractivity contribution in [2.45, 2.75) is 44.6 Å². The molecule has 1 saturated heterocycles. The molecule has 4 rings (SSSR count). The average molecular weight is 568 g/mol. The van der Waals surface area contributed by atoms with Crippen LogP contribution in [0.15, 0.2) is 84.0 Å². The van der Waals surface area contributed by atoms with Crippen molar-refractivity contribution >= 4 is 5.96 Å². The third-order valence-electron chi connectivity index (χ3n) is 7.63. The first-order chi connectivity index (χ1) is 20.7. The Balaban J connectivity index is 1.14. The number of benzene rings is 2. The molecule has 1 unspecified atom stereocenters. The van der Waals surface area contributed by atoms with Crippen LogP contribution in [0.1, 0.15) is 54.8 Å². The zero-order valence-electron chi connectivity index (χ0n) is 24.9. The minimum atomic E-state index is 0.250. The molecule has 8 heteroatoms. The second-order valence-corrected chi connectivity index (χ2v) is 10.9. The van der Waals surface area contributed by atoms with E-state index in [1.807, 2.05) is 24.5 Å². The summed E-state index contributed by atoms with van der Waals surface area (Å²) in [5.74, 6) is 1.64. The number of hydrogen-bond acceptors (Lipinski definition) is 6. The molecule has 0 radical (unpaired) electrons. The molecule has 42 heavy (non-hydrogen) atoms. The molecule has 0 aliphatic carbocycles. The average Bonchev–Trinajstić information content (AvgIpc) is 3.03. The Labute approximate surface area is 251 Å². The minimum absolute atomic E-state index is 0.250. The van der Waals surface area contributed by atoms with Gasteiger partial charge in [-0.2, -0.15) is 5.26 Å². The lowest BCUT2D eigenvalue weighted by Crippen LogP contribution is -2.39. The molecular weight excluding hydrogens is 522 g/mol. The third-order valence-corrected chi connectivity index (χ3v) is 7.63. The van der Waals surface area contributed by atoms with Gasteiger partial charge in [-0.1, -0.05) is 55.0 Å². The Kier molecular flexibility index (Phi) is 13.1. The maximum atomic E-state index is 9.16. The number of rotatable bonds is 15. The van der Waals surface area contributed by atoms with Gasteiger partial charge in [0.25, 0.3) is 0 Å². The largest absolute Gasteiger partial charge is 0.494 e. The lowest BCUT2D eigenvalue weighted by Gasteiger charge is -2.26. The van der Waals surface area contributed by atoms with Gasteiger partial charge in [-0.25, -0.2) is 0 Å². The number of guanidine groups is 1. The van der Waals surface area contributed by atoms with Gasteiger partial charge in [-0.15, -0.1) is 0 Å². The summed E-state index contributed by atoms with van der Waals surface area (Å²) in [6.07, 6.45) is 9.56. The van der Waals surface area contributed by atoms with Gasteiger partial charge in [0.15, 0.2) is 6.19 Å². The van der Waals surface area contributed by atoms with E-state index in [1.165, 1.54) is 43.5 Å². The standard InChI is InChI=1S/C34H45N7O/c1-40(24-18-32(30-11-4-2-5-12-30)33-13-6-7-19-36-33)25-21-38-34(39-28-35)37-20-10-26-42-31-16-14-29(15-17-31)27-41-22-8-3-9-23-41/h2,4-7,11-17,19,32H,3,8-10,18,20-27H2,1H3,(H2,37,38,39). The quantitative estimate of drug-likeness (QED) is 0.0878. The topological polar surface area (TPSA) is 88.8 Å². The summed E-state index contributed by atoms with van der Waals surface area (Å²) in [6.45, 7) is 7.01. The molecule has 0 saturated carbocycles. The molecule has 0 amide bonds. The zero-order chi connectivity index (χ0) is 29.2. The van der Waals surface area contributed by atoms with Crippen LogP contribution in [0.4, 0.5) is 0 Å². The molecule has 1 aliphatic heterocycles. The molecule has 1 aromatic heterocycles. The lowest BCUT2D eigenvalue weighted by molar-refractivity contribution is 0.221. The van der Waals surface area contributed by atoms with Crippen LogP contribution in [-0.2, 0) is 6.54 Å². The number of nitrogens with zero attached hydrogens (tertiary/aromatic N) is 5. The number of likely N-dealkylation sites (N-methyl/N-ethyl adjacent to an activating group) is 1. The summed E-state index contributed by atoms with van der Waals surface area (Å²) in [7, 11) is 2.12. The summed E-state index contributed by atoms with van der Waals surface area (Å²) in [6, 6.07) is 25.1. The first-order valence-electron chi connectivity index (χ1n) is 15.2. The van der Waals surface area contributed by atoms with Crippen molar-refractivity contribution in [3.63, 3.8) is 0 Å². The molecule has 1 atom stereocenters. The summed E-state index contributed by atoms with van der Waals surface area (Å²) in [5.41, 5.74) is 3.71. The van der Waals surface area contributed by atoms with E-state index in [0.29, 0.717) is 25.7 Å². The maximum Gasteiger partial charge on any atom is 0.204 e. The number of ether oxygens (including phenoxy) is 1. The third kappa shape index (κ3) is 10.8. The molecule has 1 fully saturated rings. The molecule has 222 valence electrons. The van der Waals surface area contributed by atoms with Crippen LogP contribution in [0.5, 0.6) is 5.75 Å². The summed E-state index contributed by atoms with van der Waals surface area (Å²) < 4.78 is 5.92. The number of likely N-dealkylation sites (tertiary alicyclic amines) is 1. The second-order valence-electron chi connectivity index (χ2n) is 10.9. The van der Waals surface area contributed by atoms with E-state index in [2.05, 4.69) is 98.1 Å². The lowest BCUT2D eigenvalue weighted by atomic mass is 9.92. The molecule has 3 aromatic rings. The van der Waals surface area contributed by atoms with Gasteiger partial charge >= 0.3 is 0 Å². The molecular formula is C34H45N7O. The number of pyridine rings is 1. The van der Waals surface area contributed by atoms with Gasteiger partial charge in [-0.3, -0.25) is 20.2 Å². The van der Waals surface area contributed by atoms with Gasteiger partial charge in [-0.05, 0) is 81.3 Å². The number of hydrogen-bond donors (Lipinski definition) is 2. The zero-order valence-corrected chi connectivity index (χ0v) is 24.9. The molecule has 0 bridgehead atoms. The Hall–Kier alpha value is -3.93. The van der Waals surface area contributed by atoms with Crippen LogP contribution in [0.3, 0.4) is 0 Å². The highest BCUT2D eigenvalue weighted by atomic mass is 16.5. The molecule has 1 aliphatic rings. The minimum Gasteiger partial charge on any atom is -0.494 e. The van der Waals surface area contributed by atoms with E-state index in [-0.39, 0.29) is 5.92 Å². The first kappa shape index (κ1) is 31.0.